The molecule has 0 saturated carbocycles. The van der Waals surface area contributed by atoms with E-state index in [1.54, 1.807) is 0 Å². The highest BCUT2D eigenvalue weighted by atomic mass is 16.5. The molecule has 2 heterocycles. The van der Waals surface area contributed by atoms with Gasteiger partial charge in [-0.15, -0.1) is 0 Å². The Kier molecular flexibility index (Phi) is 5.70. The Hall–Kier alpha value is -2.59. The number of aryl methyl sites for hydroxylation is 2. The molecule has 1 fully saturated rings. The van der Waals surface area contributed by atoms with Gasteiger partial charge in [0.15, 0.2) is 0 Å². The van der Waals surface area contributed by atoms with Crippen molar-refractivity contribution >= 4 is 11.5 Å². The van der Waals surface area contributed by atoms with Crippen LogP contribution in [-0.4, -0.2) is 42.6 Å². The number of nitrogens with zero attached hydrogens (tertiary/aromatic N) is 1. The Labute approximate surface area is 179 Å². The number of hydrogen-bond acceptors (Lipinski definition) is 3. The first-order valence-corrected chi connectivity index (χ1v) is 11.1. The van der Waals surface area contributed by atoms with Crippen LogP contribution in [0, 0.1) is 13.8 Å². The highest BCUT2D eigenvalue weighted by molar-refractivity contribution is 5.95. The molecule has 2 aliphatic heterocycles. The average Bonchev–Trinajstić information content (AvgIpc) is 2.76. The number of carbonyl (C=O) groups is 1. The van der Waals surface area contributed by atoms with Crippen LogP contribution in [0.5, 0.6) is 5.75 Å². The lowest BCUT2D eigenvalue weighted by molar-refractivity contribution is 0.0772. The number of hydrogen-bond donors (Lipinski definition) is 1. The molecule has 0 radical (unpaired) electrons. The van der Waals surface area contributed by atoms with E-state index in [-0.39, 0.29) is 11.5 Å². The van der Waals surface area contributed by atoms with Gasteiger partial charge in [-0.3, -0.25) is 4.79 Å². The lowest BCUT2D eigenvalue weighted by Gasteiger charge is -2.40. The summed E-state index contributed by atoms with van der Waals surface area (Å²) < 4.78 is 6.59. The van der Waals surface area contributed by atoms with Crippen molar-refractivity contribution in [2.75, 3.05) is 26.2 Å². The van der Waals surface area contributed by atoms with Crippen molar-refractivity contribution in [1.29, 1.82) is 0 Å². The fraction of sp³-hybridized carbons (Fsp3) is 0.423. The van der Waals surface area contributed by atoms with E-state index < -0.39 is 0 Å². The Bertz CT molecular complexity index is 965. The average molecular weight is 405 g/mol. The van der Waals surface area contributed by atoms with Crippen molar-refractivity contribution in [2.24, 2.45) is 0 Å². The largest absolute Gasteiger partial charge is 0.482 e. The minimum absolute atomic E-state index is 0.0919. The summed E-state index contributed by atoms with van der Waals surface area (Å²) in [5.41, 5.74) is 6.49. The van der Waals surface area contributed by atoms with Crippen molar-refractivity contribution in [2.45, 2.75) is 46.1 Å². The maximum absolute atomic E-state index is 12.7. The summed E-state index contributed by atoms with van der Waals surface area (Å²) in [7, 11) is 0. The molecule has 0 aromatic heterocycles. The summed E-state index contributed by atoms with van der Waals surface area (Å²) in [5, 5.41) is 3.45. The van der Waals surface area contributed by atoms with Gasteiger partial charge in [-0.2, -0.15) is 0 Å². The second kappa shape index (κ2) is 8.27. The molecular formula is C26H32N2O2. The van der Waals surface area contributed by atoms with E-state index in [2.05, 4.69) is 49.5 Å². The van der Waals surface area contributed by atoms with Crippen molar-refractivity contribution in [3.63, 3.8) is 0 Å². The number of rotatable bonds is 4. The number of fused-ring (bicyclic) bond motifs is 1. The van der Waals surface area contributed by atoms with Gasteiger partial charge in [0.25, 0.3) is 5.91 Å². The summed E-state index contributed by atoms with van der Waals surface area (Å²) >= 11 is 0. The van der Waals surface area contributed by atoms with Crippen LogP contribution in [0.4, 0.5) is 0 Å². The lowest BCUT2D eigenvalue weighted by atomic mass is 9.82. The first-order chi connectivity index (χ1) is 14.5. The summed E-state index contributed by atoms with van der Waals surface area (Å²) in [4.78, 5) is 14.6. The molecule has 1 N–H and O–H groups in total. The second-order valence-electron chi connectivity index (χ2n) is 8.46. The highest BCUT2D eigenvalue weighted by Gasteiger charge is 2.37. The zero-order valence-corrected chi connectivity index (χ0v) is 18.5. The SMILES string of the molecule is CCN(CC)C(=O)c1ccc(C2=CC3(CCNCC3)Oc3cc(C)c(C)cc32)cc1. The van der Waals surface area contributed by atoms with E-state index in [9.17, 15) is 4.79 Å². The summed E-state index contributed by atoms with van der Waals surface area (Å²) in [6.07, 6.45) is 4.24. The molecule has 2 aromatic carbocycles. The number of nitrogens with one attached hydrogen (secondary N) is 1. The van der Waals surface area contributed by atoms with Crippen LogP contribution in [0.15, 0.2) is 42.5 Å². The molecule has 1 saturated heterocycles. The van der Waals surface area contributed by atoms with Gasteiger partial charge in [0.1, 0.15) is 11.4 Å². The highest BCUT2D eigenvalue weighted by Crippen LogP contribution is 2.43. The smallest absolute Gasteiger partial charge is 0.253 e. The monoisotopic (exact) mass is 404 g/mol. The normalized spacial score (nSPS) is 17.1. The van der Waals surface area contributed by atoms with E-state index in [1.165, 1.54) is 16.7 Å². The number of carbonyl (C=O) groups excluding carboxylic acids is 1. The van der Waals surface area contributed by atoms with Crippen LogP contribution in [0.1, 0.15) is 59.3 Å². The van der Waals surface area contributed by atoms with Crippen LogP contribution in [0.3, 0.4) is 0 Å². The Morgan fingerprint density at radius 2 is 1.67 bits per heavy atom. The first kappa shape index (κ1) is 20.7. The molecule has 0 aliphatic carbocycles. The maximum atomic E-state index is 12.7. The van der Waals surface area contributed by atoms with Gasteiger partial charge in [0, 0.05) is 37.1 Å². The quantitative estimate of drug-likeness (QED) is 0.801. The van der Waals surface area contributed by atoms with E-state index in [1.807, 2.05) is 30.9 Å². The molecule has 0 atom stereocenters. The zero-order chi connectivity index (χ0) is 21.3. The van der Waals surface area contributed by atoms with E-state index in [0.717, 1.165) is 61.5 Å². The van der Waals surface area contributed by atoms with Crippen molar-refractivity contribution < 1.29 is 9.53 Å². The Morgan fingerprint density at radius 1 is 1.03 bits per heavy atom. The molecule has 1 spiro atoms. The van der Waals surface area contributed by atoms with E-state index in [0.29, 0.717) is 0 Å². The molecule has 2 aliphatic rings. The number of piperidine rings is 1. The van der Waals surface area contributed by atoms with Gasteiger partial charge in [-0.1, -0.05) is 12.1 Å². The molecule has 158 valence electrons. The van der Waals surface area contributed by atoms with Crippen LogP contribution in [-0.2, 0) is 0 Å². The minimum Gasteiger partial charge on any atom is -0.482 e. The van der Waals surface area contributed by atoms with Crippen molar-refractivity contribution in [1.82, 2.24) is 10.2 Å². The van der Waals surface area contributed by atoms with Gasteiger partial charge in [0.2, 0.25) is 0 Å². The number of ether oxygens (including phenoxy) is 1. The summed E-state index contributed by atoms with van der Waals surface area (Å²) in [5.74, 6) is 1.06. The Balaban J connectivity index is 1.75. The third-order valence-electron chi connectivity index (χ3n) is 6.55. The van der Waals surface area contributed by atoms with Gasteiger partial charge in [-0.25, -0.2) is 0 Å². The fourth-order valence-electron chi connectivity index (χ4n) is 4.49. The molecule has 2 aromatic rings. The van der Waals surface area contributed by atoms with E-state index in [4.69, 9.17) is 4.74 Å². The van der Waals surface area contributed by atoms with Gasteiger partial charge >= 0.3 is 0 Å². The number of benzene rings is 2. The molecule has 0 bridgehead atoms. The van der Waals surface area contributed by atoms with Gasteiger partial charge in [0.05, 0.1) is 0 Å². The molecule has 30 heavy (non-hydrogen) atoms. The van der Waals surface area contributed by atoms with Gasteiger partial charge < -0.3 is 15.0 Å². The molecule has 0 unspecified atom stereocenters. The third-order valence-corrected chi connectivity index (χ3v) is 6.55. The second-order valence-corrected chi connectivity index (χ2v) is 8.46. The van der Waals surface area contributed by atoms with Crippen LogP contribution < -0.4 is 10.1 Å². The van der Waals surface area contributed by atoms with Crippen molar-refractivity contribution in [3.8, 4) is 5.75 Å². The van der Waals surface area contributed by atoms with Crippen LogP contribution in [0.25, 0.3) is 5.57 Å². The van der Waals surface area contributed by atoms with Crippen molar-refractivity contribution in [3.05, 3.63) is 70.3 Å². The van der Waals surface area contributed by atoms with Crippen LogP contribution in [0.2, 0.25) is 0 Å². The standard InChI is InChI=1S/C26H32N2O2/c1-5-28(6-2)25(29)21-9-7-20(8-10-21)23-17-26(11-13-27-14-12-26)30-24-16-19(4)18(3)15-22(23)24/h7-10,15-17,27H,5-6,11-14H2,1-4H3. The lowest BCUT2D eigenvalue weighted by Crippen LogP contribution is -2.46. The predicted octanol–water partition coefficient (Wildman–Crippen LogP) is 4.73. The van der Waals surface area contributed by atoms with Crippen LogP contribution >= 0.6 is 0 Å². The minimum atomic E-state index is -0.259. The molecule has 4 nitrogen and oxygen atoms in total. The fourth-order valence-corrected chi connectivity index (χ4v) is 4.49. The van der Waals surface area contributed by atoms with Gasteiger partial charge in [-0.05, 0) is 93.4 Å². The molecule has 4 rings (SSSR count). The summed E-state index contributed by atoms with van der Waals surface area (Å²) in [6.45, 7) is 11.7. The Morgan fingerprint density at radius 3 is 2.30 bits per heavy atom. The zero-order valence-electron chi connectivity index (χ0n) is 18.5. The topological polar surface area (TPSA) is 41.6 Å². The summed E-state index contributed by atoms with van der Waals surface area (Å²) in [6, 6.07) is 12.5. The van der Waals surface area contributed by atoms with E-state index >= 15 is 0 Å². The number of amides is 1. The predicted molar refractivity (Wildman–Crippen MR) is 122 cm³/mol. The maximum Gasteiger partial charge on any atom is 0.253 e. The molecule has 1 amide bonds. The third kappa shape index (κ3) is 3.77. The first-order valence-electron chi connectivity index (χ1n) is 11.1. The molecular weight excluding hydrogens is 372 g/mol. The molecule has 4 heteroatoms.